The van der Waals surface area contributed by atoms with Gasteiger partial charge in [-0.3, -0.25) is 9.59 Å². The van der Waals surface area contributed by atoms with Gasteiger partial charge < -0.3 is 24.3 Å². The lowest BCUT2D eigenvalue weighted by molar-refractivity contribution is -0.140. The van der Waals surface area contributed by atoms with E-state index >= 15 is 0 Å². The van der Waals surface area contributed by atoms with E-state index in [1.54, 1.807) is 48.5 Å². The molecule has 0 bridgehead atoms. The second-order valence-electron chi connectivity index (χ2n) is 17.5. The van der Waals surface area contributed by atoms with Crippen LogP contribution in [-0.2, 0) is 19.1 Å². The predicted molar refractivity (Wildman–Crippen MR) is 257 cm³/mol. The summed E-state index contributed by atoms with van der Waals surface area (Å²) in [5.41, 5.74) is 0.871. The van der Waals surface area contributed by atoms with Crippen molar-refractivity contribution in [1.82, 2.24) is 5.32 Å². The average Bonchev–Trinajstić information content (AvgIpc) is 3.29. The van der Waals surface area contributed by atoms with Crippen LogP contribution in [0.25, 0.3) is 0 Å². The molecule has 63 heavy (non-hydrogen) atoms. The van der Waals surface area contributed by atoms with Crippen LogP contribution in [0, 0.1) is 11.8 Å². The first-order valence-electron chi connectivity index (χ1n) is 25.5. The molecule has 0 fully saturated rings. The second-order valence-corrected chi connectivity index (χ2v) is 17.5. The molecule has 0 saturated carbocycles. The topological polar surface area (TPSA) is 117 Å². The first-order valence-corrected chi connectivity index (χ1v) is 25.5. The Hall–Kier alpha value is -3.72. The van der Waals surface area contributed by atoms with Gasteiger partial charge in [-0.1, -0.05) is 156 Å². The van der Waals surface area contributed by atoms with Crippen LogP contribution in [0.3, 0.4) is 0 Å². The van der Waals surface area contributed by atoms with E-state index in [4.69, 9.17) is 18.9 Å². The highest BCUT2D eigenvalue weighted by atomic mass is 16.5. The third-order valence-corrected chi connectivity index (χ3v) is 11.9. The van der Waals surface area contributed by atoms with E-state index in [2.05, 4.69) is 33.0 Å². The van der Waals surface area contributed by atoms with Crippen molar-refractivity contribution >= 4 is 23.9 Å². The molecule has 356 valence electrons. The normalized spacial score (nSPS) is 12.1. The number of rotatable bonds is 40. The summed E-state index contributed by atoms with van der Waals surface area (Å²) < 4.78 is 22.5. The van der Waals surface area contributed by atoms with E-state index in [-0.39, 0.29) is 35.7 Å². The van der Waals surface area contributed by atoms with Crippen LogP contribution in [0.1, 0.15) is 228 Å². The number of nitrogens with one attached hydrogen (secondary N) is 1. The number of hydrogen-bond acceptors (Lipinski definition) is 9. The Kier molecular flexibility index (Phi) is 33.1. The monoisotopic (exact) mass is 878 g/mol. The van der Waals surface area contributed by atoms with Gasteiger partial charge in [0, 0.05) is 0 Å². The summed E-state index contributed by atoms with van der Waals surface area (Å²) in [4.78, 5) is 51.5. The van der Waals surface area contributed by atoms with Crippen LogP contribution in [-0.4, -0.2) is 50.2 Å². The maximum absolute atomic E-state index is 13.1. The van der Waals surface area contributed by atoms with E-state index in [9.17, 15) is 19.2 Å². The number of hydrogen-bond donors (Lipinski definition) is 1. The molecule has 0 aliphatic carbocycles. The van der Waals surface area contributed by atoms with Gasteiger partial charge in [0.25, 0.3) is 0 Å². The second kappa shape index (κ2) is 37.6. The smallest absolute Gasteiger partial charge is 0.338 e. The molecule has 9 nitrogen and oxygen atoms in total. The predicted octanol–water partition coefficient (Wildman–Crippen LogP) is 14.3. The molecule has 0 radical (unpaired) electrons. The zero-order chi connectivity index (χ0) is 45.6. The summed E-state index contributed by atoms with van der Waals surface area (Å²) in [6.45, 7) is 11.1. The lowest BCUT2D eigenvalue weighted by atomic mass is 9.94. The number of ether oxygens (including phenoxy) is 4. The van der Waals surface area contributed by atoms with Crippen LogP contribution >= 0.6 is 0 Å². The summed E-state index contributed by atoms with van der Waals surface area (Å²) in [6, 6.07) is 13.4. The van der Waals surface area contributed by atoms with Gasteiger partial charge in [0.2, 0.25) is 0 Å². The highest BCUT2D eigenvalue weighted by Gasteiger charge is 2.22. The Labute approximate surface area is 382 Å². The first-order chi connectivity index (χ1) is 30.8. The van der Waals surface area contributed by atoms with Crippen LogP contribution in [0.2, 0.25) is 0 Å². The Morgan fingerprint density at radius 3 is 1.03 bits per heavy atom. The van der Waals surface area contributed by atoms with E-state index in [1.165, 1.54) is 77.0 Å². The van der Waals surface area contributed by atoms with Crippen LogP contribution in [0.15, 0.2) is 48.5 Å². The number of unbranched alkanes of at least 4 members (excludes halogenated alkanes) is 18. The van der Waals surface area contributed by atoms with Gasteiger partial charge in [0.15, 0.2) is 0 Å². The number of esters is 4. The van der Waals surface area contributed by atoms with Gasteiger partial charge in [-0.15, -0.1) is 0 Å². The number of carbonyl (C=O) groups is 4. The van der Waals surface area contributed by atoms with Crippen LogP contribution < -0.4 is 14.8 Å². The average molecular weight is 878 g/mol. The molecule has 0 aromatic heterocycles. The molecular formula is C54H87NO8. The Balaban J connectivity index is 1.59. The Morgan fingerprint density at radius 1 is 0.397 bits per heavy atom. The molecule has 0 aliphatic heterocycles. The molecule has 2 aromatic carbocycles. The van der Waals surface area contributed by atoms with E-state index in [1.807, 2.05) is 0 Å². The summed E-state index contributed by atoms with van der Waals surface area (Å²) in [5.74, 6) is -0.355. The Bertz CT molecular complexity index is 1350. The van der Waals surface area contributed by atoms with Gasteiger partial charge in [-0.05, 0) is 113 Å². The number of benzene rings is 2. The van der Waals surface area contributed by atoms with Crippen molar-refractivity contribution in [3.05, 3.63) is 59.7 Å². The van der Waals surface area contributed by atoms with E-state index in [0.29, 0.717) is 35.8 Å². The zero-order valence-corrected chi connectivity index (χ0v) is 40.2. The molecule has 0 heterocycles. The Morgan fingerprint density at radius 2 is 0.698 bits per heavy atom. The molecule has 2 rings (SSSR count). The minimum Gasteiger partial charge on any atom is -0.462 e. The highest BCUT2D eigenvalue weighted by Crippen LogP contribution is 2.24. The zero-order valence-electron chi connectivity index (χ0n) is 40.2. The molecule has 0 spiro atoms. The lowest BCUT2D eigenvalue weighted by Crippen LogP contribution is -2.21. The molecule has 2 aromatic rings. The third-order valence-electron chi connectivity index (χ3n) is 11.9. The SMILES string of the molecule is CCCCCCCCC(CCCCCC)C(=O)Oc1ccc(C(=O)OCCCCNCCCCOC(=O)c2ccc(OC(=O)C(CCCCCC)CCCCCCCC)cc2)cc1. The standard InChI is InChI=1S/C54H87NO8/c1-5-9-13-17-19-23-31-45(29-21-15-11-7-3)53(58)62-49-37-33-47(34-38-49)51(56)60-43-27-25-41-55-42-26-28-44-61-52(57)48-35-39-50(40-36-48)63-54(59)46(30-22-16-12-8-4)32-24-20-18-14-10-6-2/h33-40,45-46,55H,5-32,41-44H2,1-4H3. The van der Waals surface area contributed by atoms with Crippen LogP contribution in [0.4, 0.5) is 0 Å². The molecule has 0 saturated heterocycles. The van der Waals surface area contributed by atoms with Gasteiger partial charge in [0.1, 0.15) is 11.5 Å². The van der Waals surface area contributed by atoms with Crippen LogP contribution in [0.5, 0.6) is 11.5 Å². The molecule has 1 N–H and O–H groups in total. The lowest BCUT2D eigenvalue weighted by Gasteiger charge is -2.16. The van der Waals surface area contributed by atoms with Crippen molar-refractivity contribution in [3.63, 3.8) is 0 Å². The van der Waals surface area contributed by atoms with Gasteiger partial charge in [-0.2, -0.15) is 0 Å². The van der Waals surface area contributed by atoms with Gasteiger partial charge >= 0.3 is 23.9 Å². The largest absolute Gasteiger partial charge is 0.462 e. The highest BCUT2D eigenvalue weighted by molar-refractivity contribution is 5.90. The molecule has 2 unspecified atom stereocenters. The van der Waals surface area contributed by atoms with Crippen molar-refractivity contribution < 1.29 is 38.1 Å². The van der Waals surface area contributed by atoms with Crippen molar-refractivity contribution in [2.45, 2.75) is 207 Å². The molecule has 2 atom stereocenters. The molecular weight excluding hydrogens is 791 g/mol. The third kappa shape index (κ3) is 27.3. The van der Waals surface area contributed by atoms with E-state index in [0.717, 1.165) is 116 Å². The minimum absolute atomic E-state index is 0.0869. The van der Waals surface area contributed by atoms with Gasteiger partial charge in [0.05, 0.1) is 36.2 Å². The molecule has 9 heteroatoms. The van der Waals surface area contributed by atoms with E-state index < -0.39 is 0 Å². The summed E-state index contributed by atoms with van der Waals surface area (Å²) in [7, 11) is 0. The van der Waals surface area contributed by atoms with Crippen molar-refractivity contribution in [1.29, 1.82) is 0 Å². The first kappa shape index (κ1) is 55.4. The fraction of sp³-hybridized carbons (Fsp3) is 0.704. The van der Waals surface area contributed by atoms with Crippen molar-refractivity contribution in [3.8, 4) is 11.5 Å². The minimum atomic E-state index is -0.387. The fourth-order valence-corrected chi connectivity index (χ4v) is 7.78. The molecule has 0 amide bonds. The maximum Gasteiger partial charge on any atom is 0.338 e. The quantitative estimate of drug-likeness (QED) is 0.0397. The van der Waals surface area contributed by atoms with Crippen molar-refractivity contribution in [2.24, 2.45) is 11.8 Å². The van der Waals surface area contributed by atoms with Crippen molar-refractivity contribution in [2.75, 3.05) is 26.3 Å². The summed E-state index contributed by atoms with van der Waals surface area (Å²) >= 11 is 0. The maximum atomic E-state index is 13.1. The summed E-state index contributed by atoms with van der Waals surface area (Å²) in [6.07, 6.45) is 30.2. The number of carbonyl (C=O) groups excluding carboxylic acids is 4. The molecule has 0 aliphatic rings. The summed E-state index contributed by atoms with van der Waals surface area (Å²) in [5, 5.41) is 3.40. The van der Waals surface area contributed by atoms with Gasteiger partial charge in [-0.25, -0.2) is 9.59 Å². The fourth-order valence-electron chi connectivity index (χ4n) is 7.78.